The minimum Gasteiger partial charge on any atom is -0.371 e. The average molecular weight is 280 g/mol. The molecule has 4 nitrogen and oxygen atoms in total. The van der Waals surface area contributed by atoms with Gasteiger partial charge in [-0.15, -0.1) is 0 Å². The SMILES string of the molecule is O=C1CCC(c2c(F)cc(N3CCC3)cc2F)C(=O)N1. The molecule has 1 atom stereocenters. The Kier molecular flexibility index (Phi) is 3.16. The lowest BCUT2D eigenvalue weighted by molar-refractivity contribution is -0.134. The van der Waals surface area contributed by atoms with Crippen molar-refractivity contribution in [2.24, 2.45) is 0 Å². The van der Waals surface area contributed by atoms with Crippen molar-refractivity contribution in [3.05, 3.63) is 29.3 Å². The molecule has 1 N–H and O–H groups in total. The second kappa shape index (κ2) is 4.85. The van der Waals surface area contributed by atoms with Gasteiger partial charge in [-0.05, 0) is 25.0 Å². The lowest BCUT2D eigenvalue weighted by Gasteiger charge is -2.33. The van der Waals surface area contributed by atoms with Gasteiger partial charge < -0.3 is 4.90 Å². The fourth-order valence-corrected chi connectivity index (χ4v) is 2.63. The van der Waals surface area contributed by atoms with Crippen molar-refractivity contribution >= 4 is 17.5 Å². The first-order chi connectivity index (χ1) is 9.56. The normalized spacial score (nSPS) is 22.5. The summed E-state index contributed by atoms with van der Waals surface area (Å²) < 4.78 is 28.3. The third kappa shape index (κ3) is 2.15. The number of anilines is 1. The van der Waals surface area contributed by atoms with E-state index in [9.17, 15) is 18.4 Å². The number of nitrogens with zero attached hydrogens (tertiary/aromatic N) is 1. The Hall–Kier alpha value is -1.98. The number of carbonyl (C=O) groups is 2. The predicted octanol–water partition coefficient (Wildman–Crippen LogP) is 1.70. The molecule has 2 aliphatic rings. The summed E-state index contributed by atoms with van der Waals surface area (Å²) in [5, 5.41) is 2.12. The summed E-state index contributed by atoms with van der Waals surface area (Å²) in [6.45, 7) is 1.58. The summed E-state index contributed by atoms with van der Waals surface area (Å²) >= 11 is 0. The molecule has 2 amide bonds. The maximum atomic E-state index is 14.2. The summed E-state index contributed by atoms with van der Waals surface area (Å²) in [6.07, 6.45) is 1.25. The van der Waals surface area contributed by atoms with Crippen molar-refractivity contribution in [1.82, 2.24) is 5.32 Å². The Morgan fingerprint density at radius 1 is 1.15 bits per heavy atom. The average Bonchev–Trinajstić information content (AvgIpc) is 2.28. The molecule has 1 aromatic rings. The number of piperidine rings is 1. The zero-order valence-electron chi connectivity index (χ0n) is 10.8. The molecule has 0 aliphatic carbocycles. The molecule has 3 rings (SSSR count). The van der Waals surface area contributed by atoms with Crippen LogP contribution in [0, 0.1) is 11.6 Å². The van der Waals surface area contributed by atoms with E-state index in [1.165, 1.54) is 12.1 Å². The highest BCUT2D eigenvalue weighted by atomic mass is 19.1. The van der Waals surface area contributed by atoms with E-state index in [0.717, 1.165) is 19.5 Å². The fourth-order valence-electron chi connectivity index (χ4n) is 2.63. The predicted molar refractivity (Wildman–Crippen MR) is 68.3 cm³/mol. The van der Waals surface area contributed by atoms with Crippen LogP contribution in [0.2, 0.25) is 0 Å². The Balaban J connectivity index is 1.93. The Morgan fingerprint density at radius 2 is 1.80 bits per heavy atom. The number of hydrogen-bond donors (Lipinski definition) is 1. The van der Waals surface area contributed by atoms with E-state index in [1.54, 1.807) is 0 Å². The zero-order chi connectivity index (χ0) is 14.3. The lowest BCUT2D eigenvalue weighted by atomic mass is 9.89. The highest BCUT2D eigenvalue weighted by Crippen LogP contribution is 2.33. The standard InChI is InChI=1S/C14H14F2N2O2/c15-10-6-8(18-4-1-5-18)7-11(16)13(10)9-2-3-12(19)17-14(9)20/h6-7,9H,1-5H2,(H,17,19,20). The third-order valence-corrected chi connectivity index (χ3v) is 3.87. The van der Waals surface area contributed by atoms with Gasteiger partial charge in [0, 0.05) is 30.8 Å². The lowest BCUT2D eigenvalue weighted by Crippen LogP contribution is -2.40. The van der Waals surface area contributed by atoms with Crippen molar-refractivity contribution in [3.63, 3.8) is 0 Å². The Bertz CT molecular complexity index is 562. The van der Waals surface area contributed by atoms with Gasteiger partial charge in [-0.3, -0.25) is 14.9 Å². The third-order valence-electron chi connectivity index (χ3n) is 3.87. The van der Waals surface area contributed by atoms with E-state index in [0.29, 0.717) is 5.69 Å². The van der Waals surface area contributed by atoms with E-state index < -0.39 is 29.4 Å². The van der Waals surface area contributed by atoms with Crippen molar-refractivity contribution in [2.45, 2.75) is 25.2 Å². The van der Waals surface area contributed by atoms with Gasteiger partial charge in [0.25, 0.3) is 0 Å². The van der Waals surface area contributed by atoms with Crippen molar-refractivity contribution in [3.8, 4) is 0 Å². The van der Waals surface area contributed by atoms with Crippen LogP contribution < -0.4 is 10.2 Å². The number of benzene rings is 1. The largest absolute Gasteiger partial charge is 0.371 e. The van der Waals surface area contributed by atoms with E-state index >= 15 is 0 Å². The molecule has 2 fully saturated rings. The quantitative estimate of drug-likeness (QED) is 0.839. The number of halogens is 2. The van der Waals surface area contributed by atoms with E-state index in [-0.39, 0.29) is 18.4 Å². The molecule has 106 valence electrons. The van der Waals surface area contributed by atoms with E-state index in [1.807, 2.05) is 4.90 Å². The second-order valence-corrected chi connectivity index (χ2v) is 5.17. The summed E-state index contributed by atoms with van der Waals surface area (Å²) in [5.74, 6) is -3.40. The van der Waals surface area contributed by atoms with Crippen LogP contribution in [0.25, 0.3) is 0 Å². The molecule has 2 saturated heterocycles. The first-order valence-electron chi connectivity index (χ1n) is 6.64. The minimum absolute atomic E-state index is 0.100. The number of imide groups is 1. The molecule has 0 saturated carbocycles. The molecule has 1 unspecified atom stereocenters. The van der Waals surface area contributed by atoms with Crippen LogP contribution in [0.3, 0.4) is 0 Å². The summed E-state index contributed by atoms with van der Waals surface area (Å²) in [6, 6.07) is 2.53. The van der Waals surface area contributed by atoms with Gasteiger partial charge in [0.2, 0.25) is 11.8 Å². The molecule has 6 heteroatoms. The fraction of sp³-hybridized carbons (Fsp3) is 0.429. The van der Waals surface area contributed by atoms with Crippen molar-refractivity contribution in [1.29, 1.82) is 0 Å². The van der Waals surface area contributed by atoms with Gasteiger partial charge in [0.15, 0.2) is 0 Å². The van der Waals surface area contributed by atoms with Crippen LogP contribution in [0.4, 0.5) is 14.5 Å². The molecule has 0 spiro atoms. The zero-order valence-corrected chi connectivity index (χ0v) is 10.8. The Morgan fingerprint density at radius 3 is 2.30 bits per heavy atom. The smallest absolute Gasteiger partial charge is 0.234 e. The van der Waals surface area contributed by atoms with Gasteiger partial charge in [-0.2, -0.15) is 0 Å². The van der Waals surface area contributed by atoms with Gasteiger partial charge in [0.05, 0.1) is 5.92 Å². The topological polar surface area (TPSA) is 49.4 Å². The van der Waals surface area contributed by atoms with Gasteiger partial charge in [0.1, 0.15) is 11.6 Å². The number of amides is 2. The summed E-state index contributed by atoms with van der Waals surface area (Å²) in [7, 11) is 0. The maximum absolute atomic E-state index is 14.2. The van der Waals surface area contributed by atoms with Crippen LogP contribution >= 0.6 is 0 Å². The number of rotatable bonds is 2. The van der Waals surface area contributed by atoms with Gasteiger partial charge in [-0.1, -0.05) is 0 Å². The van der Waals surface area contributed by atoms with Crippen molar-refractivity contribution in [2.75, 3.05) is 18.0 Å². The Labute approximate surface area is 114 Å². The molecule has 20 heavy (non-hydrogen) atoms. The molecular weight excluding hydrogens is 266 g/mol. The van der Waals surface area contributed by atoms with Crippen LogP contribution in [-0.4, -0.2) is 24.9 Å². The van der Waals surface area contributed by atoms with E-state index in [4.69, 9.17) is 0 Å². The minimum atomic E-state index is -0.932. The molecule has 2 heterocycles. The number of hydrogen-bond acceptors (Lipinski definition) is 3. The molecule has 1 aromatic carbocycles. The number of carbonyl (C=O) groups excluding carboxylic acids is 2. The highest BCUT2D eigenvalue weighted by molar-refractivity contribution is 6.01. The van der Waals surface area contributed by atoms with Gasteiger partial charge in [-0.25, -0.2) is 8.78 Å². The van der Waals surface area contributed by atoms with Crippen LogP contribution in [0.5, 0.6) is 0 Å². The molecular formula is C14H14F2N2O2. The van der Waals surface area contributed by atoms with E-state index in [2.05, 4.69) is 5.32 Å². The highest BCUT2D eigenvalue weighted by Gasteiger charge is 2.33. The van der Waals surface area contributed by atoms with Crippen molar-refractivity contribution < 1.29 is 18.4 Å². The molecule has 0 bridgehead atoms. The number of nitrogens with one attached hydrogen (secondary N) is 1. The van der Waals surface area contributed by atoms with Crippen LogP contribution in [0.15, 0.2) is 12.1 Å². The maximum Gasteiger partial charge on any atom is 0.234 e. The molecule has 2 aliphatic heterocycles. The molecule has 0 radical (unpaired) electrons. The van der Waals surface area contributed by atoms with Crippen LogP contribution in [-0.2, 0) is 9.59 Å². The monoisotopic (exact) mass is 280 g/mol. The van der Waals surface area contributed by atoms with Crippen LogP contribution in [0.1, 0.15) is 30.7 Å². The van der Waals surface area contributed by atoms with Gasteiger partial charge >= 0.3 is 0 Å². The summed E-state index contributed by atoms with van der Waals surface area (Å²) in [5.41, 5.74) is 0.265. The summed E-state index contributed by atoms with van der Waals surface area (Å²) in [4.78, 5) is 24.7. The first-order valence-corrected chi connectivity index (χ1v) is 6.64. The first kappa shape index (κ1) is 13.0. The second-order valence-electron chi connectivity index (χ2n) is 5.17. The molecule has 0 aromatic heterocycles.